The Morgan fingerprint density at radius 2 is 2.00 bits per heavy atom. The van der Waals surface area contributed by atoms with E-state index in [0.717, 1.165) is 6.42 Å². The van der Waals surface area contributed by atoms with Crippen LogP contribution in [0.15, 0.2) is 6.07 Å². The van der Waals surface area contributed by atoms with Crippen molar-refractivity contribution in [2.45, 2.75) is 27.2 Å². The smallest absolute Gasteiger partial charge is 0.136 e. The maximum absolute atomic E-state index is 4.74. The lowest BCUT2D eigenvalue weighted by Gasteiger charge is -1.97. The summed E-state index contributed by atoms with van der Waals surface area (Å²) in [7, 11) is 0. The molecule has 0 aliphatic rings. The van der Waals surface area contributed by atoms with Crippen molar-refractivity contribution in [3.63, 3.8) is 0 Å². The van der Waals surface area contributed by atoms with Crippen molar-refractivity contribution in [1.82, 2.24) is 4.98 Å². The Morgan fingerprint density at radius 1 is 1.19 bits per heavy atom. The molecule has 0 saturated heterocycles. The highest BCUT2D eigenvalue weighted by molar-refractivity contribution is 7.38. The molecule has 0 aliphatic carbocycles. The predicted octanol–water partition coefficient (Wildman–Crippen LogP) is 5.08. The Morgan fingerprint density at radius 3 is 2.75 bits per heavy atom. The molecule has 0 fully saturated rings. The number of fused-ring (bicyclic) bond motifs is 3. The third-order valence-corrected chi connectivity index (χ3v) is 6.04. The maximum Gasteiger partial charge on any atom is 0.136 e. The lowest BCUT2D eigenvalue weighted by atomic mass is 10.1. The first-order valence-electron chi connectivity index (χ1n) is 5.42. The fraction of sp³-hybridized carbons (Fsp3) is 0.417. The third kappa shape index (κ3) is 1.69. The molecule has 0 atom stereocenters. The first-order valence-corrected chi connectivity index (χ1v) is 7.87. The minimum absolute atomic E-state index is 0.695. The van der Waals surface area contributed by atoms with Crippen LogP contribution >= 0.6 is 34.0 Å². The van der Waals surface area contributed by atoms with Crippen LogP contribution in [0.5, 0.6) is 0 Å². The van der Waals surface area contributed by atoms with E-state index in [1.54, 1.807) is 0 Å². The third-order valence-electron chi connectivity index (χ3n) is 2.46. The largest absolute Gasteiger partial charge is 0.230 e. The van der Waals surface area contributed by atoms with E-state index >= 15 is 0 Å². The summed E-state index contributed by atoms with van der Waals surface area (Å²) in [5, 5.41) is 1.30. The van der Waals surface area contributed by atoms with E-state index < -0.39 is 0 Å². The second kappa shape index (κ2) is 3.79. The number of aryl methyl sites for hydroxylation is 1. The van der Waals surface area contributed by atoms with Crippen LogP contribution in [0.3, 0.4) is 0 Å². The van der Waals surface area contributed by atoms with Crippen LogP contribution in [0.2, 0.25) is 0 Å². The van der Waals surface area contributed by atoms with E-state index in [1.807, 2.05) is 34.0 Å². The van der Waals surface area contributed by atoms with Gasteiger partial charge in [0.2, 0.25) is 0 Å². The fourth-order valence-corrected chi connectivity index (χ4v) is 5.80. The van der Waals surface area contributed by atoms with Crippen LogP contribution in [-0.2, 0) is 6.42 Å². The number of aromatic nitrogens is 1. The zero-order chi connectivity index (χ0) is 11.3. The Labute approximate surface area is 107 Å². The van der Waals surface area contributed by atoms with Gasteiger partial charge in [0, 0.05) is 16.0 Å². The monoisotopic (exact) mass is 267 g/mol. The van der Waals surface area contributed by atoms with Gasteiger partial charge < -0.3 is 0 Å². The summed E-state index contributed by atoms with van der Waals surface area (Å²) in [5.74, 6) is 0.695. The molecule has 0 unspecified atom stereocenters. The number of hydrogen-bond donors (Lipinski definition) is 0. The van der Waals surface area contributed by atoms with Crippen molar-refractivity contribution in [1.29, 1.82) is 0 Å². The normalized spacial score (nSPS) is 12.2. The molecular formula is C12H13NS3. The van der Waals surface area contributed by atoms with Crippen LogP contribution in [-0.4, -0.2) is 4.98 Å². The molecule has 16 heavy (non-hydrogen) atoms. The highest BCUT2D eigenvalue weighted by atomic mass is 32.1. The lowest BCUT2D eigenvalue weighted by Crippen LogP contribution is -1.91. The molecule has 0 aromatic carbocycles. The number of nitrogens with zero attached hydrogens (tertiary/aromatic N) is 1. The molecule has 84 valence electrons. The van der Waals surface area contributed by atoms with E-state index in [4.69, 9.17) is 4.98 Å². The number of hydrogen-bond acceptors (Lipinski definition) is 4. The number of thiophene rings is 2. The second-order valence-corrected chi connectivity index (χ2v) is 7.86. The van der Waals surface area contributed by atoms with Crippen molar-refractivity contribution >= 4 is 52.9 Å². The van der Waals surface area contributed by atoms with Crippen LogP contribution < -0.4 is 0 Å². The van der Waals surface area contributed by atoms with Gasteiger partial charge in [-0.1, -0.05) is 13.8 Å². The Kier molecular flexibility index (Phi) is 2.53. The topological polar surface area (TPSA) is 12.9 Å². The molecule has 3 rings (SSSR count). The number of thiazole rings is 1. The van der Waals surface area contributed by atoms with Crippen LogP contribution in [0.25, 0.3) is 18.9 Å². The quantitative estimate of drug-likeness (QED) is 0.631. The Hall–Kier alpha value is -0.450. The minimum Gasteiger partial charge on any atom is -0.230 e. The molecule has 4 heteroatoms. The van der Waals surface area contributed by atoms with Gasteiger partial charge in [-0.2, -0.15) is 0 Å². The van der Waals surface area contributed by atoms with Crippen molar-refractivity contribution in [3.8, 4) is 0 Å². The predicted molar refractivity (Wildman–Crippen MR) is 76.2 cm³/mol. The van der Waals surface area contributed by atoms with Crippen molar-refractivity contribution in [2.24, 2.45) is 5.92 Å². The molecule has 3 aromatic rings. The molecule has 0 aliphatic heterocycles. The van der Waals surface area contributed by atoms with Crippen molar-refractivity contribution < 1.29 is 0 Å². The van der Waals surface area contributed by atoms with Gasteiger partial charge in [0.25, 0.3) is 0 Å². The maximum atomic E-state index is 4.74. The lowest BCUT2D eigenvalue weighted by molar-refractivity contribution is 0.645. The van der Waals surface area contributed by atoms with Gasteiger partial charge in [0.1, 0.15) is 4.83 Å². The summed E-state index contributed by atoms with van der Waals surface area (Å²) in [6.07, 6.45) is 1.11. The summed E-state index contributed by atoms with van der Waals surface area (Å²) in [4.78, 5) is 7.38. The van der Waals surface area contributed by atoms with E-state index in [9.17, 15) is 0 Å². The molecule has 0 amide bonds. The van der Waals surface area contributed by atoms with E-state index in [1.165, 1.54) is 28.8 Å². The van der Waals surface area contributed by atoms with Crippen LogP contribution in [0.1, 0.15) is 23.7 Å². The average molecular weight is 267 g/mol. The molecule has 0 bridgehead atoms. The first-order chi connectivity index (χ1) is 7.63. The van der Waals surface area contributed by atoms with Crippen LogP contribution in [0, 0.1) is 12.8 Å². The highest BCUT2D eigenvalue weighted by Gasteiger charge is 2.13. The molecule has 3 heterocycles. The van der Waals surface area contributed by atoms with E-state index in [0.29, 0.717) is 5.92 Å². The zero-order valence-electron chi connectivity index (χ0n) is 9.53. The SMILES string of the molecule is Cc1cc2sc3nc(CC(C)C)sc3c2s1. The van der Waals surface area contributed by atoms with Gasteiger partial charge >= 0.3 is 0 Å². The first kappa shape index (κ1) is 10.7. The van der Waals surface area contributed by atoms with E-state index in [-0.39, 0.29) is 0 Å². The Balaban J connectivity index is 2.16. The fourth-order valence-electron chi connectivity index (χ4n) is 1.83. The Bertz CT molecular complexity index is 642. The molecule has 0 saturated carbocycles. The molecular weight excluding hydrogens is 254 g/mol. The van der Waals surface area contributed by atoms with Gasteiger partial charge in [0.15, 0.2) is 0 Å². The van der Waals surface area contributed by atoms with Gasteiger partial charge in [-0.15, -0.1) is 34.0 Å². The van der Waals surface area contributed by atoms with Gasteiger partial charge in [-0.25, -0.2) is 4.98 Å². The minimum atomic E-state index is 0.695. The standard InChI is InChI=1S/C12H13NS3/c1-6(2)4-9-13-12-11(16-9)10-8(15-12)5-7(3)14-10/h5-6H,4H2,1-3H3. The summed E-state index contributed by atoms with van der Waals surface area (Å²) < 4.78 is 4.27. The average Bonchev–Trinajstić information content (AvgIpc) is 2.74. The summed E-state index contributed by atoms with van der Waals surface area (Å²) in [6, 6.07) is 2.28. The van der Waals surface area contributed by atoms with Crippen molar-refractivity contribution in [2.75, 3.05) is 0 Å². The zero-order valence-corrected chi connectivity index (χ0v) is 12.0. The van der Waals surface area contributed by atoms with E-state index in [2.05, 4.69) is 26.8 Å². The number of rotatable bonds is 2. The summed E-state index contributed by atoms with van der Waals surface area (Å²) >= 11 is 5.63. The van der Waals surface area contributed by atoms with Gasteiger partial charge in [0.05, 0.1) is 14.4 Å². The molecule has 0 N–H and O–H groups in total. The molecule has 3 aromatic heterocycles. The van der Waals surface area contributed by atoms with Gasteiger partial charge in [-0.05, 0) is 18.9 Å². The summed E-state index contributed by atoms with van der Waals surface area (Å²) in [5.41, 5.74) is 0. The summed E-state index contributed by atoms with van der Waals surface area (Å²) in [6.45, 7) is 6.68. The van der Waals surface area contributed by atoms with Gasteiger partial charge in [-0.3, -0.25) is 0 Å². The van der Waals surface area contributed by atoms with Crippen LogP contribution in [0.4, 0.5) is 0 Å². The molecule has 0 spiro atoms. The highest BCUT2D eigenvalue weighted by Crippen LogP contribution is 2.42. The van der Waals surface area contributed by atoms with Crippen molar-refractivity contribution in [3.05, 3.63) is 16.0 Å². The molecule has 1 nitrogen and oxygen atoms in total. The molecule has 0 radical (unpaired) electrons. The second-order valence-electron chi connectivity index (χ2n) is 4.49.